The van der Waals surface area contributed by atoms with Crippen LogP contribution in [0.3, 0.4) is 0 Å². The average Bonchev–Trinajstić information content (AvgIpc) is 2.85. The average molecular weight is 547 g/mol. The molecule has 1 amide bonds. The number of rotatable bonds is 7. The zero-order chi connectivity index (χ0) is 26.8. The van der Waals surface area contributed by atoms with E-state index in [2.05, 4.69) is 11.6 Å². The van der Waals surface area contributed by atoms with Crippen molar-refractivity contribution in [3.8, 4) is 0 Å². The van der Waals surface area contributed by atoms with Gasteiger partial charge in [0.2, 0.25) is 5.91 Å². The molecule has 3 aromatic rings. The Kier molecular flexibility index (Phi) is 8.00. The number of pyridine rings is 1. The lowest BCUT2D eigenvalue weighted by atomic mass is 9.67. The van der Waals surface area contributed by atoms with Crippen LogP contribution in [0.4, 0.5) is 13.2 Å². The summed E-state index contributed by atoms with van der Waals surface area (Å²) in [6.45, 7) is 5.62. The molecule has 1 aliphatic rings. The molecule has 8 heteroatoms. The van der Waals surface area contributed by atoms with Gasteiger partial charge in [0.15, 0.2) is 0 Å². The molecule has 0 aliphatic carbocycles. The van der Waals surface area contributed by atoms with Gasteiger partial charge in [0, 0.05) is 22.2 Å². The second kappa shape index (κ2) is 10.9. The van der Waals surface area contributed by atoms with Gasteiger partial charge < -0.3 is 4.90 Å². The van der Waals surface area contributed by atoms with Gasteiger partial charge in [-0.25, -0.2) is 0 Å². The van der Waals surface area contributed by atoms with Gasteiger partial charge in [0.25, 0.3) is 0 Å². The number of amides is 1. The number of hydrogen-bond donors (Lipinski definition) is 0. The number of alkyl halides is 3. The molecule has 4 rings (SSSR count). The van der Waals surface area contributed by atoms with Crippen LogP contribution in [0, 0.1) is 5.41 Å². The first kappa shape index (κ1) is 27.2. The number of carbonyl (C=O) groups is 1. The van der Waals surface area contributed by atoms with Gasteiger partial charge in [-0.3, -0.25) is 9.78 Å². The zero-order valence-corrected chi connectivity index (χ0v) is 21.8. The molecule has 1 saturated heterocycles. The van der Waals surface area contributed by atoms with Crippen molar-refractivity contribution < 1.29 is 18.0 Å². The van der Waals surface area contributed by atoms with E-state index in [1.807, 2.05) is 18.2 Å². The Morgan fingerprint density at radius 1 is 1.08 bits per heavy atom. The summed E-state index contributed by atoms with van der Waals surface area (Å²) in [4.78, 5) is 19.9. The summed E-state index contributed by atoms with van der Waals surface area (Å²) in [5.41, 5.74) is 0.731. The summed E-state index contributed by atoms with van der Waals surface area (Å²) in [5, 5.41) is 1.00. The Morgan fingerprint density at radius 3 is 2.41 bits per heavy atom. The van der Waals surface area contributed by atoms with Crippen molar-refractivity contribution in [3.05, 3.63) is 112 Å². The lowest BCUT2D eigenvalue weighted by Gasteiger charge is -2.52. The largest absolute Gasteiger partial charge is 0.391 e. The second-order valence-electron chi connectivity index (χ2n) is 9.72. The van der Waals surface area contributed by atoms with E-state index in [0.29, 0.717) is 28.5 Å². The molecule has 37 heavy (non-hydrogen) atoms. The summed E-state index contributed by atoms with van der Waals surface area (Å²) >= 11 is 12.5. The van der Waals surface area contributed by atoms with E-state index in [4.69, 9.17) is 23.2 Å². The highest BCUT2D eigenvalue weighted by atomic mass is 35.5. The first-order valence-electron chi connectivity index (χ1n) is 11.9. The van der Waals surface area contributed by atoms with Crippen LogP contribution in [-0.4, -0.2) is 22.0 Å². The predicted octanol–water partition coefficient (Wildman–Crippen LogP) is 8.72. The Labute approximate surface area is 224 Å². The molecule has 0 spiro atoms. The molecule has 0 bridgehead atoms. The highest BCUT2D eigenvalue weighted by Gasteiger charge is 2.53. The molecule has 4 unspecified atom stereocenters. The maximum Gasteiger partial charge on any atom is 0.391 e. The number of aromatic nitrogens is 1. The van der Waals surface area contributed by atoms with Crippen LogP contribution < -0.4 is 0 Å². The molecule has 2 heterocycles. The number of piperidine rings is 1. The van der Waals surface area contributed by atoms with Crippen LogP contribution in [0.25, 0.3) is 0 Å². The number of nitrogens with zero attached hydrogens (tertiary/aromatic N) is 2. The maximum absolute atomic E-state index is 14.3. The van der Waals surface area contributed by atoms with Gasteiger partial charge in [-0.15, -0.1) is 6.58 Å². The third-order valence-corrected chi connectivity index (χ3v) is 7.46. The fraction of sp³-hybridized carbons (Fsp3) is 0.310. The van der Waals surface area contributed by atoms with Gasteiger partial charge in [-0.1, -0.05) is 66.5 Å². The first-order chi connectivity index (χ1) is 17.5. The van der Waals surface area contributed by atoms with Gasteiger partial charge in [-0.2, -0.15) is 13.2 Å². The van der Waals surface area contributed by atoms with Gasteiger partial charge in [-0.05, 0) is 60.4 Å². The molecule has 1 fully saturated rings. The molecule has 194 valence electrons. The van der Waals surface area contributed by atoms with Crippen LogP contribution >= 0.6 is 23.2 Å². The van der Waals surface area contributed by atoms with Crippen molar-refractivity contribution in [1.82, 2.24) is 9.88 Å². The summed E-state index contributed by atoms with van der Waals surface area (Å²) in [6.07, 6.45) is -1.96. The highest BCUT2D eigenvalue weighted by molar-refractivity contribution is 6.30. The lowest BCUT2D eigenvalue weighted by Crippen LogP contribution is -2.53. The molecule has 4 atom stereocenters. The van der Waals surface area contributed by atoms with Gasteiger partial charge in [0.05, 0.1) is 29.6 Å². The van der Waals surface area contributed by atoms with Gasteiger partial charge in [0.1, 0.15) is 0 Å². The smallest absolute Gasteiger partial charge is 0.326 e. The monoisotopic (exact) mass is 546 g/mol. The molecule has 2 aromatic carbocycles. The number of benzene rings is 2. The van der Waals surface area contributed by atoms with Crippen molar-refractivity contribution >= 4 is 29.1 Å². The zero-order valence-electron chi connectivity index (χ0n) is 20.3. The predicted molar refractivity (Wildman–Crippen MR) is 140 cm³/mol. The van der Waals surface area contributed by atoms with E-state index >= 15 is 0 Å². The number of halogens is 5. The van der Waals surface area contributed by atoms with Crippen molar-refractivity contribution in [2.75, 3.05) is 0 Å². The Balaban J connectivity index is 1.98. The molecule has 0 saturated carbocycles. The second-order valence-corrected chi connectivity index (χ2v) is 10.6. The SMILES string of the molecule is C=CCC1(C)CC(c2cccc(Cl)c2)C(c2ccc(Cl)cc2)N(C(CC(F)(F)F)c2ccccn2)C1=O. The van der Waals surface area contributed by atoms with Gasteiger partial charge >= 0.3 is 6.18 Å². The Morgan fingerprint density at radius 2 is 1.81 bits per heavy atom. The standard InChI is InChI=1S/C29H27Cl2F3N2O/c1-3-14-28(2)17-23(20-7-6-8-22(31)16-20)26(19-10-12-21(30)13-11-19)36(27(28)37)25(18-29(32,33)34)24-9-4-5-15-35-24/h3-13,15-16,23,25-26H,1,14,17-18H2,2H3. The number of likely N-dealkylation sites (tertiary alicyclic amines) is 1. The van der Waals surface area contributed by atoms with Crippen LogP contribution in [0.1, 0.15) is 61.0 Å². The van der Waals surface area contributed by atoms with Crippen molar-refractivity contribution in [2.24, 2.45) is 5.41 Å². The fourth-order valence-corrected chi connectivity index (χ4v) is 5.69. The first-order valence-corrected chi connectivity index (χ1v) is 12.7. The van der Waals surface area contributed by atoms with Crippen molar-refractivity contribution in [3.63, 3.8) is 0 Å². The molecule has 1 aromatic heterocycles. The number of carbonyl (C=O) groups excluding carboxylic acids is 1. The summed E-state index contributed by atoms with van der Waals surface area (Å²) in [5.74, 6) is -0.715. The van der Waals surface area contributed by atoms with E-state index < -0.39 is 30.1 Å². The van der Waals surface area contributed by atoms with E-state index in [-0.39, 0.29) is 17.5 Å². The topological polar surface area (TPSA) is 33.2 Å². The third kappa shape index (κ3) is 6.02. The summed E-state index contributed by atoms with van der Waals surface area (Å²) in [7, 11) is 0. The van der Waals surface area contributed by atoms with Crippen molar-refractivity contribution in [1.29, 1.82) is 0 Å². The van der Waals surface area contributed by atoms with Crippen LogP contribution in [0.15, 0.2) is 85.6 Å². The van der Waals surface area contributed by atoms with Crippen LogP contribution in [0.2, 0.25) is 10.0 Å². The summed E-state index contributed by atoms with van der Waals surface area (Å²) in [6, 6.07) is 17.0. The van der Waals surface area contributed by atoms with Crippen molar-refractivity contribution in [2.45, 2.75) is 50.4 Å². The van der Waals surface area contributed by atoms with E-state index in [0.717, 1.165) is 5.56 Å². The molecular formula is C29H27Cl2F3N2O. The van der Waals surface area contributed by atoms with E-state index in [1.54, 1.807) is 55.5 Å². The Bertz CT molecular complexity index is 1250. The molecule has 0 N–H and O–H groups in total. The maximum atomic E-state index is 14.3. The minimum Gasteiger partial charge on any atom is -0.326 e. The van der Waals surface area contributed by atoms with E-state index in [1.165, 1.54) is 17.2 Å². The fourth-order valence-electron chi connectivity index (χ4n) is 5.37. The van der Waals surface area contributed by atoms with Crippen LogP contribution in [-0.2, 0) is 4.79 Å². The number of hydrogen-bond acceptors (Lipinski definition) is 2. The minimum atomic E-state index is -4.54. The molecule has 0 radical (unpaired) electrons. The lowest BCUT2D eigenvalue weighted by molar-refractivity contribution is -0.171. The molecular weight excluding hydrogens is 520 g/mol. The minimum absolute atomic E-state index is 0.180. The summed E-state index contributed by atoms with van der Waals surface area (Å²) < 4.78 is 42.2. The quantitative estimate of drug-likeness (QED) is 0.277. The van der Waals surface area contributed by atoms with Crippen LogP contribution in [0.5, 0.6) is 0 Å². The molecule has 1 aliphatic heterocycles. The number of allylic oxidation sites excluding steroid dienone is 1. The highest BCUT2D eigenvalue weighted by Crippen LogP contribution is 2.54. The third-order valence-electron chi connectivity index (χ3n) is 6.98. The van der Waals surface area contributed by atoms with E-state index in [9.17, 15) is 18.0 Å². The Hall–Kier alpha value is -2.83. The normalized spacial score (nSPS) is 23.1. The molecule has 3 nitrogen and oxygen atoms in total.